The first-order valence-corrected chi connectivity index (χ1v) is 6.73. The highest BCUT2D eigenvalue weighted by atomic mass is 19.1. The fourth-order valence-electron chi connectivity index (χ4n) is 2.37. The molecule has 1 aliphatic heterocycles. The van der Waals surface area contributed by atoms with Gasteiger partial charge in [0.1, 0.15) is 11.6 Å². The summed E-state index contributed by atoms with van der Waals surface area (Å²) in [5, 5.41) is 0. The molecule has 3 rings (SSSR count). The molecule has 0 saturated carbocycles. The Kier molecular flexibility index (Phi) is 3.76. The average molecular weight is 293 g/mol. The van der Waals surface area contributed by atoms with E-state index in [9.17, 15) is 9.18 Å². The number of morpholine rings is 1. The Labute approximate surface area is 120 Å². The third kappa shape index (κ3) is 2.70. The van der Waals surface area contributed by atoms with Crippen LogP contribution in [0.1, 0.15) is 5.76 Å². The zero-order valence-electron chi connectivity index (χ0n) is 11.4. The standard InChI is InChI=1S/C14H16FN3O3/c15-12-7-10(18-9-11(8-16)21-14(18)19)1-2-13(12)17-3-5-20-6-4-17/h1-2,7,9H,3-6,8,16H2. The van der Waals surface area contributed by atoms with E-state index in [1.807, 2.05) is 4.90 Å². The number of hydrogen-bond acceptors (Lipinski definition) is 5. The number of oxazole rings is 1. The summed E-state index contributed by atoms with van der Waals surface area (Å²) in [4.78, 5) is 13.6. The lowest BCUT2D eigenvalue weighted by molar-refractivity contribution is 0.122. The fourth-order valence-corrected chi connectivity index (χ4v) is 2.37. The van der Waals surface area contributed by atoms with Crippen molar-refractivity contribution in [1.29, 1.82) is 0 Å². The lowest BCUT2D eigenvalue weighted by Crippen LogP contribution is -2.36. The second-order valence-corrected chi connectivity index (χ2v) is 4.77. The highest BCUT2D eigenvalue weighted by Crippen LogP contribution is 2.23. The van der Waals surface area contributed by atoms with Gasteiger partial charge in [-0.2, -0.15) is 0 Å². The van der Waals surface area contributed by atoms with E-state index in [1.54, 1.807) is 12.1 Å². The summed E-state index contributed by atoms with van der Waals surface area (Å²) in [6.07, 6.45) is 1.48. The van der Waals surface area contributed by atoms with Crippen LogP contribution < -0.4 is 16.4 Å². The van der Waals surface area contributed by atoms with Crippen molar-refractivity contribution in [3.05, 3.63) is 46.5 Å². The largest absolute Gasteiger partial charge is 0.423 e. The molecule has 2 aromatic rings. The number of benzene rings is 1. The molecule has 1 aromatic carbocycles. The molecule has 0 radical (unpaired) electrons. The van der Waals surface area contributed by atoms with E-state index in [0.717, 1.165) is 0 Å². The smallest absolute Gasteiger partial charge is 0.411 e. The summed E-state index contributed by atoms with van der Waals surface area (Å²) < 4.78 is 25.7. The number of halogens is 1. The van der Waals surface area contributed by atoms with Crippen molar-refractivity contribution >= 4 is 5.69 Å². The van der Waals surface area contributed by atoms with E-state index >= 15 is 0 Å². The molecule has 0 unspecified atom stereocenters. The monoisotopic (exact) mass is 293 g/mol. The number of hydrogen-bond donors (Lipinski definition) is 1. The molecule has 1 aliphatic rings. The molecule has 7 heteroatoms. The fraction of sp³-hybridized carbons (Fsp3) is 0.357. The van der Waals surface area contributed by atoms with Crippen molar-refractivity contribution in [2.24, 2.45) is 5.73 Å². The molecule has 0 atom stereocenters. The molecule has 0 aliphatic carbocycles. The molecule has 21 heavy (non-hydrogen) atoms. The van der Waals surface area contributed by atoms with Crippen LogP contribution in [0.25, 0.3) is 5.69 Å². The predicted octanol–water partition coefficient (Wildman–Crippen LogP) is 0.865. The third-order valence-corrected chi connectivity index (χ3v) is 3.45. The molecular formula is C14H16FN3O3. The first-order chi connectivity index (χ1) is 10.2. The number of aromatic nitrogens is 1. The molecule has 1 aromatic heterocycles. The Morgan fingerprint density at radius 2 is 2.05 bits per heavy atom. The van der Waals surface area contributed by atoms with Gasteiger partial charge >= 0.3 is 5.76 Å². The molecule has 112 valence electrons. The van der Waals surface area contributed by atoms with Crippen LogP contribution in [-0.2, 0) is 11.3 Å². The number of nitrogens with zero attached hydrogens (tertiary/aromatic N) is 2. The van der Waals surface area contributed by atoms with Gasteiger partial charge in [-0.25, -0.2) is 13.8 Å². The first kappa shape index (κ1) is 13.8. The van der Waals surface area contributed by atoms with Crippen molar-refractivity contribution < 1.29 is 13.5 Å². The minimum absolute atomic E-state index is 0.122. The SMILES string of the molecule is NCc1cn(-c2ccc(N3CCOCC3)c(F)c2)c(=O)o1. The van der Waals surface area contributed by atoms with E-state index in [4.69, 9.17) is 14.9 Å². The molecule has 1 saturated heterocycles. The van der Waals surface area contributed by atoms with Gasteiger partial charge in [0.25, 0.3) is 0 Å². The molecule has 0 spiro atoms. The van der Waals surface area contributed by atoms with E-state index in [1.165, 1.54) is 16.8 Å². The van der Waals surface area contributed by atoms with Gasteiger partial charge in [0.05, 0.1) is 37.3 Å². The highest BCUT2D eigenvalue weighted by molar-refractivity contribution is 5.52. The number of rotatable bonds is 3. The summed E-state index contributed by atoms with van der Waals surface area (Å²) in [5.74, 6) is -0.594. The van der Waals surface area contributed by atoms with Crippen molar-refractivity contribution in [2.75, 3.05) is 31.2 Å². The molecule has 2 N–H and O–H groups in total. The van der Waals surface area contributed by atoms with Crippen LogP contribution in [0.15, 0.2) is 33.6 Å². The molecule has 0 amide bonds. The van der Waals surface area contributed by atoms with Crippen molar-refractivity contribution in [3.63, 3.8) is 0 Å². The maximum Gasteiger partial charge on any atom is 0.423 e. The molecule has 6 nitrogen and oxygen atoms in total. The topological polar surface area (TPSA) is 73.6 Å². The Balaban J connectivity index is 1.93. The van der Waals surface area contributed by atoms with Crippen LogP contribution in [0.4, 0.5) is 10.1 Å². The summed E-state index contributed by atoms with van der Waals surface area (Å²) in [6.45, 7) is 2.60. The van der Waals surface area contributed by atoms with Gasteiger partial charge in [-0.15, -0.1) is 0 Å². The van der Waals surface area contributed by atoms with Crippen LogP contribution >= 0.6 is 0 Å². The van der Waals surface area contributed by atoms with E-state index < -0.39 is 5.76 Å². The van der Waals surface area contributed by atoms with Gasteiger partial charge in [-0.3, -0.25) is 0 Å². The normalized spacial score (nSPS) is 15.4. The third-order valence-electron chi connectivity index (χ3n) is 3.45. The maximum absolute atomic E-state index is 14.3. The average Bonchev–Trinajstić information content (AvgIpc) is 2.89. The van der Waals surface area contributed by atoms with E-state index in [-0.39, 0.29) is 12.4 Å². The first-order valence-electron chi connectivity index (χ1n) is 6.73. The predicted molar refractivity (Wildman–Crippen MR) is 75.2 cm³/mol. The van der Waals surface area contributed by atoms with Crippen LogP contribution in [0.2, 0.25) is 0 Å². The molecule has 2 heterocycles. The minimum atomic E-state index is -0.575. The second kappa shape index (κ2) is 5.71. The van der Waals surface area contributed by atoms with Gasteiger partial charge in [0.2, 0.25) is 0 Å². The Morgan fingerprint density at radius 1 is 1.29 bits per heavy atom. The van der Waals surface area contributed by atoms with Crippen molar-refractivity contribution in [2.45, 2.75) is 6.54 Å². The van der Waals surface area contributed by atoms with E-state index in [0.29, 0.717) is 43.4 Å². The number of nitrogens with two attached hydrogens (primary N) is 1. The quantitative estimate of drug-likeness (QED) is 0.909. The van der Waals surface area contributed by atoms with Crippen molar-refractivity contribution in [3.8, 4) is 5.69 Å². The summed E-state index contributed by atoms with van der Waals surface area (Å²) in [7, 11) is 0. The van der Waals surface area contributed by atoms with Gasteiger partial charge < -0.3 is 19.8 Å². The van der Waals surface area contributed by atoms with Gasteiger partial charge in [0, 0.05) is 19.2 Å². The molecule has 1 fully saturated rings. The van der Waals surface area contributed by atoms with Crippen LogP contribution in [0.5, 0.6) is 0 Å². The maximum atomic E-state index is 14.3. The van der Waals surface area contributed by atoms with E-state index in [2.05, 4.69) is 0 Å². The van der Waals surface area contributed by atoms with Crippen LogP contribution in [0.3, 0.4) is 0 Å². The Hall–Kier alpha value is -2.12. The highest BCUT2D eigenvalue weighted by Gasteiger charge is 2.16. The lowest BCUT2D eigenvalue weighted by Gasteiger charge is -2.29. The number of anilines is 1. The number of ether oxygens (including phenoxy) is 1. The summed E-state index contributed by atoms with van der Waals surface area (Å²) >= 11 is 0. The van der Waals surface area contributed by atoms with Gasteiger partial charge in [-0.05, 0) is 12.1 Å². The van der Waals surface area contributed by atoms with Crippen molar-refractivity contribution in [1.82, 2.24) is 4.57 Å². The Bertz CT molecular complexity index is 689. The second-order valence-electron chi connectivity index (χ2n) is 4.77. The summed E-state index contributed by atoms with van der Waals surface area (Å²) in [5.41, 5.74) is 6.35. The van der Waals surface area contributed by atoms with Gasteiger partial charge in [-0.1, -0.05) is 0 Å². The van der Waals surface area contributed by atoms with Gasteiger partial charge in [0.15, 0.2) is 0 Å². The minimum Gasteiger partial charge on any atom is -0.411 e. The van der Waals surface area contributed by atoms with Crippen LogP contribution in [-0.4, -0.2) is 30.9 Å². The Morgan fingerprint density at radius 3 is 2.67 bits per heavy atom. The molecular weight excluding hydrogens is 277 g/mol. The lowest BCUT2D eigenvalue weighted by atomic mass is 10.2. The summed E-state index contributed by atoms with van der Waals surface area (Å²) in [6, 6.07) is 4.67. The zero-order chi connectivity index (χ0) is 14.8. The molecule has 0 bridgehead atoms. The van der Waals surface area contributed by atoms with Crippen LogP contribution in [0, 0.1) is 5.82 Å². The zero-order valence-corrected chi connectivity index (χ0v) is 11.4.